The van der Waals surface area contributed by atoms with Gasteiger partial charge in [-0.15, -0.1) is 24.8 Å². The second-order valence-electron chi connectivity index (χ2n) is 7.35. The van der Waals surface area contributed by atoms with Gasteiger partial charge in [-0.3, -0.25) is 9.69 Å². The third-order valence-corrected chi connectivity index (χ3v) is 5.33. The van der Waals surface area contributed by atoms with Crippen LogP contribution in [0.25, 0.3) is 0 Å². The van der Waals surface area contributed by atoms with Gasteiger partial charge in [-0.05, 0) is 37.0 Å². The Morgan fingerprint density at radius 2 is 1.80 bits per heavy atom. The van der Waals surface area contributed by atoms with Gasteiger partial charge in [0.15, 0.2) is 18.1 Å². The third-order valence-electron chi connectivity index (χ3n) is 5.33. The van der Waals surface area contributed by atoms with Crippen LogP contribution in [0.5, 0.6) is 11.5 Å². The van der Waals surface area contributed by atoms with Crippen LogP contribution in [0.3, 0.4) is 0 Å². The fraction of sp³-hybridized carbons (Fsp3) is 0.667. The highest BCUT2D eigenvalue weighted by Gasteiger charge is 2.17. The molecule has 7 nitrogen and oxygen atoms in total. The number of nitrogens with one attached hydrogen (secondary N) is 1. The van der Waals surface area contributed by atoms with Crippen LogP contribution >= 0.6 is 24.8 Å². The SMILES string of the molecule is COc1cc(CNCCN2CCOCC2)ccc1OCC(=O)N1CCCCC1.Cl.Cl. The van der Waals surface area contributed by atoms with Crippen LogP contribution in [-0.2, 0) is 16.1 Å². The molecule has 0 bridgehead atoms. The molecule has 0 aliphatic carbocycles. The first-order valence-corrected chi connectivity index (χ1v) is 10.3. The molecule has 0 spiro atoms. The normalized spacial score (nSPS) is 16.9. The average molecular weight is 464 g/mol. The molecule has 3 rings (SSSR count). The summed E-state index contributed by atoms with van der Waals surface area (Å²) in [6, 6.07) is 5.88. The Hall–Kier alpha value is -1.25. The molecule has 0 aromatic heterocycles. The summed E-state index contributed by atoms with van der Waals surface area (Å²) in [7, 11) is 1.63. The van der Waals surface area contributed by atoms with E-state index in [1.54, 1.807) is 7.11 Å². The number of benzene rings is 1. The molecule has 0 saturated carbocycles. The Bertz CT molecular complexity index is 624. The van der Waals surface area contributed by atoms with Gasteiger partial charge in [0.1, 0.15) is 0 Å². The van der Waals surface area contributed by atoms with Crippen LogP contribution in [0, 0.1) is 0 Å². The maximum absolute atomic E-state index is 12.3. The first kappa shape index (κ1) is 26.8. The molecule has 2 fully saturated rings. The summed E-state index contributed by atoms with van der Waals surface area (Å²) in [5.74, 6) is 1.33. The fourth-order valence-corrected chi connectivity index (χ4v) is 3.61. The molecular formula is C21H35Cl2N3O4. The van der Waals surface area contributed by atoms with Crippen LogP contribution in [0.2, 0.25) is 0 Å². The minimum Gasteiger partial charge on any atom is -0.493 e. The maximum atomic E-state index is 12.3. The van der Waals surface area contributed by atoms with Crippen LogP contribution in [-0.4, -0.2) is 81.9 Å². The Labute approximate surface area is 192 Å². The molecule has 1 aromatic rings. The van der Waals surface area contributed by atoms with Crippen LogP contribution < -0.4 is 14.8 Å². The van der Waals surface area contributed by atoms with Crippen molar-refractivity contribution in [1.29, 1.82) is 0 Å². The van der Waals surface area contributed by atoms with Crippen molar-refractivity contribution in [3.05, 3.63) is 23.8 Å². The summed E-state index contributed by atoms with van der Waals surface area (Å²) in [5, 5.41) is 3.47. The summed E-state index contributed by atoms with van der Waals surface area (Å²) >= 11 is 0. The van der Waals surface area contributed by atoms with Crippen molar-refractivity contribution >= 4 is 30.7 Å². The number of piperidine rings is 1. The number of morpholine rings is 1. The third kappa shape index (κ3) is 8.47. The number of nitrogens with zero attached hydrogens (tertiary/aromatic N) is 2. The second-order valence-corrected chi connectivity index (χ2v) is 7.35. The van der Waals surface area contributed by atoms with Gasteiger partial charge in [-0.2, -0.15) is 0 Å². The van der Waals surface area contributed by atoms with E-state index in [0.717, 1.165) is 77.4 Å². The average Bonchev–Trinajstić information content (AvgIpc) is 2.76. The quantitative estimate of drug-likeness (QED) is 0.567. The summed E-state index contributed by atoms with van der Waals surface area (Å²) in [6.07, 6.45) is 3.38. The van der Waals surface area contributed by atoms with Crippen molar-refractivity contribution in [3.63, 3.8) is 0 Å². The maximum Gasteiger partial charge on any atom is 0.260 e. The minimum absolute atomic E-state index is 0. The van der Waals surface area contributed by atoms with Gasteiger partial charge < -0.3 is 24.4 Å². The van der Waals surface area contributed by atoms with Gasteiger partial charge in [0.25, 0.3) is 5.91 Å². The molecule has 30 heavy (non-hydrogen) atoms. The lowest BCUT2D eigenvalue weighted by molar-refractivity contribution is -0.134. The number of carbonyl (C=O) groups is 1. The van der Waals surface area contributed by atoms with E-state index in [4.69, 9.17) is 14.2 Å². The van der Waals surface area contributed by atoms with Crippen molar-refractivity contribution in [2.24, 2.45) is 0 Å². The topological polar surface area (TPSA) is 63.3 Å². The lowest BCUT2D eigenvalue weighted by atomic mass is 10.1. The summed E-state index contributed by atoms with van der Waals surface area (Å²) in [6.45, 7) is 8.17. The van der Waals surface area contributed by atoms with Crippen molar-refractivity contribution < 1.29 is 19.0 Å². The van der Waals surface area contributed by atoms with E-state index in [2.05, 4.69) is 10.2 Å². The molecule has 2 heterocycles. The Balaban J connectivity index is 0.00000225. The zero-order chi connectivity index (χ0) is 19.6. The van der Waals surface area contributed by atoms with E-state index in [1.165, 1.54) is 6.42 Å². The standard InChI is InChI=1S/C21H33N3O4.2ClH/c1-26-20-15-18(16-22-7-10-23-11-13-27-14-12-23)5-6-19(20)28-17-21(25)24-8-3-2-4-9-24;;/h5-6,15,22H,2-4,7-14,16-17H2,1H3;2*1H. The lowest BCUT2D eigenvalue weighted by Gasteiger charge is -2.26. The summed E-state index contributed by atoms with van der Waals surface area (Å²) in [4.78, 5) is 16.6. The largest absolute Gasteiger partial charge is 0.493 e. The smallest absolute Gasteiger partial charge is 0.260 e. The first-order valence-electron chi connectivity index (χ1n) is 10.3. The number of ether oxygens (including phenoxy) is 3. The van der Waals surface area contributed by atoms with Crippen LogP contribution in [0.15, 0.2) is 18.2 Å². The molecule has 0 unspecified atom stereocenters. The number of rotatable bonds is 9. The molecular weight excluding hydrogens is 429 g/mol. The van der Waals surface area contributed by atoms with Crippen molar-refractivity contribution in [2.75, 3.05) is 66.2 Å². The number of carbonyl (C=O) groups excluding carboxylic acids is 1. The summed E-state index contributed by atoms with van der Waals surface area (Å²) < 4.78 is 16.6. The molecule has 172 valence electrons. The number of amides is 1. The molecule has 1 aromatic carbocycles. The van der Waals surface area contributed by atoms with E-state index in [0.29, 0.717) is 11.5 Å². The molecule has 1 amide bonds. The van der Waals surface area contributed by atoms with Gasteiger partial charge in [0.2, 0.25) is 0 Å². The van der Waals surface area contributed by atoms with E-state index in [-0.39, 0.29) is 37.3 Å². The van der Waals surface area contributed by atoms with Crippen molar-refractivity contribution in [1.82, 2.24) is 15.1 Å². The predicted molar refractivity (Wildman–Crippen MR) is 122 cm³/mol. The minimum atomic E-state index is 0. The highest BCUT2D eigenvalue weighted by molar-refractivity contribution is 5.85. The molecule has 2 saturated heterocycles. The Kier molecular flexibility index (Phi) is 13.1. The number of methoxy groups -OCH3 is 1. The monoisotopic (exact) mass is 463 g/mol. The highest BCUT2D eigenvalue weighted by Crippen LogP contribution is 2.28. The van der Waals surface area contributed by atoms with Gasteiger partial charge in [0.05, 0.1) is 20.3 Å². The molecule has 2 aliphatic rings. The van der Waals surface area contributed by atoms with Gasteiger partial charge in [0, 0.05) is 45.8 Å². The van der Waals surface area contributed by atoms with Crippen LogP contribution in [0.4, 0.5) is 0 Å². The summed E-state index contributed by atoms with van der Waals surface area (Å²) in [5.41, 5.74) is 1.13. The molecule has 0 atom stereocenters. The van der Waals surface area contributed by atoms with E-state index < -0.39 is 0 Å². The fourth-order valence-electron chi connectivity index (χ4n) is 3.61. The van der Waals surface area contributed by atoms with Gasteiger partial charge in [-0.1, -0.05) is 6.07 Å². The number of likely N-dealkylation sites (tertiary alicyclic amines) is 1. The second kappa shape index (κ2) is 14.7. The molecule has 9 heteroatoms. The Morgan fingerprint density at radius 3 is 2.50 bits per heavy atom. The van der Waals surface area contributed by atoms with E-state index in [9.17, 15) is 4.79 Å². The van der Waals surface area contributed by atoms with E-state index in [1.807, 2.05) is 23.1 Å². The van der Waals surface area contributed by atoms with Gasteiger partial charge in [-0.25, -0.2) is 0 Å². The molecule has 2 aliphatic heterocycles. The Morgan fingerprint density at radius 1 is 1.07 bits per heavy atom. The van der Waals surface area contributed by atoms with Crippen LogP contribution in [0.1, 0.15) is 24.8 Å². The number of halogens is 2. The lowest BCUT2D eigenvalue weighted by Crippen LogP contribution is -2.40. The number of hydrogen-bond donors (Lipinski definition) is 1. The van der Waals surface area contributed by atoms with E-state index >= 15 is 0 Å². The zero-order valence-electron chi connectivity index (χ0n) is 17.8. The van der Waals surface area contributed by atoms with Crippen molar-refractivity contribution in [2.45, 2.75) is 25.8 Å². The highest BCUT2D eigenvalue weighted by atomic mass is 35.5. The zero-order valence-corrected chi connectivity index (χ0v) is 19.4. The molecule has 1 N–H and O–H groups in total. The predicted octanol–water partition coefficient (Wildman–Crippen LogP) is 2.35. The van der Waals surface area contributed by atoms with Crippen molar-refractivity contribution in [3.8, 4) is 11.5 Å². The first-order chi connectivity index (χ1) is 13.8. The van der Waals surface area contributed by atoms with Gasteiger partial charge >= 0.3 is 0 Å². The molecule has 0 radical (unpaired) electrons. The number of hydrogen-bond acceptors (Lipinski definition) is 6.